The van der Waals surface area contributed by atoms with Crippen molar-refractivity contribution in [3.8, 4) is 29.0 Å². The van der Waals surface area contributed by atoms with Crippen molar-refractivity contribution in [1.82, 2.24) is 4.98 Å². The van der Waals surface area contributed by atoms with Gasteiger partial charge in [0.25, 0.3) is 0 Å². The van der Waals surface area contributed by atoms with Gasteiger partial charge < -0.3 is 15.6 Å². The highest BCUT2D eigenvalue weighted by molar-refractivity contribution is 8.00. The number of rotatable bonds is 4. The first kappa shape index (κ1) is 18.1. The number of nitriles is 2. The SMILES string of the molecule is COC(=O)C(C)Sc1nc(N)c(C#N)c(-c2cccc(O)c2)c1C#N. The lowest BCUT2D eigenvalue weighted by molar-refractivity contribution is -0.139. The number of nitrogens with two attached hydrogens (primary N) is 1. The predicted octanol–water partition coefficient (Wildman–Crippen LogP) is 2.43. The van der Waals surface area contributed by atoms with Crippen molar-refractivity contribution in [3.63, 3.8) is 0 Å². The Labute approximate surface area is 148 Å². The number of aromatic nitrogens is 1. The van der Waals surface area contributed by atoms with Crippen molar-refractivity contribution in [1.29, 1.82) is 10.5 Å². The first-order valence-corrected chi connectivity index (χ1v) is 7.98. The molecule has 1 aromatic heterocycles. The number of hydrogen-bond donors (Lipinski definition) is 2. The van der Waals surface area contributed by atoms with Crippen LogP contribution in [-0.2, 0) is 9.53 Å². The van der Waals surface area contributed by atoms with E-state index in [0.717, 1.165) is 11.8 Å². The average molecular weight is 354 g/mol. The zero-order valence-corrected chi connectivity index (χ0v) is 14.3. The van der Waals surface area contributed by atoms with Gasteiger partial charge >= 0.3 is 5.97 Å². The quantitative estimate of drug-likeness (QED) is 0.632. The first-order chi connectivity index (χ1) is 11.9. The summed E-state index contributed by atoms with van der Waals surface area (Å²) in [5.74, 6) is -0.547. The first-order valence-electron chi connectivity index (χ1n) is 7.10. The third-order valence-corrected chi connectivity index (χ3v) is 4.44. The fourth-order valence-corrected chi connectivity index (χ4v) is 3.16. The molecule has 0 aliphatic carbocycles. The van der Waals surface area contributed by atoms with E-state index in [1.165, 1.54) is 19.2 Å². The molecule has 0 fully saturated rings. The molecule has 0 aliphatic rings. The van der Waals surface area contributed by atoms with Gasteiger partial charge in [-0.15, -0.1) is 0 Å². The molecular weight excluding hydrogens is 340 g/mol. The van der Waals surface area contributed by atoms with Crippen LogP contribution in [0.5, 0.6) is 5.75 Å². The molecule has 1 heterocycles. The maximum Gasteiger partial charge on any atom is 0.318 e. The fraction of sp³-hybridized carbons (Fsp3) is 0.176. The van der Waals surface area contributed by atoms with Gasteiger partial charge in [-0.3, -0.25) is 4.79 Å². The molecule has 0 saturated carbocycles. The van der Waals surface area contributed by atoms with Gasteiger partial charge in [0, 0.05) is 5.56 Å². The van der Waals surface area contributed by atoms with Gasteiger partial charge in [0.2, 0.25) is 0 Å². The fourth-order valence-electron chi connectivity index (χ4n) is 2.21. The van der Waals surface area contributed by atoms with Crippen molar-refractivity contribution >= 4 is 23.5 Å². The number of thioether (sulfide) groups is 1. The molecule has 2 aromatic rings. The standard InChI is InChI=1S/C17H14N4O3S/c1-9(17(23)24-2)25-16-13(8-19)14(12(7-18)15(20)21-16)10-4-3-5-11(22)6-10/h3-6,9,22H,1-2H3,(H2,20,21). The largest absolute Gasteiger partial charge is 0.508 e. The topological polar surface area (TPSA) is 133 Å². The van der Waals surface area contributed by atoms with Crippen LogP contribution in [0.4, 0.5) is 5.82 Å². The van der Waals surface area contributed by atoms with Crippen LogP contribution in [0.25, 0.3) is 11.1 Å². The number of nitrogens with zero attached hydrogens (tertiary/aromatic N) is 3. The molecule has 0 bridgehead atoms. The molecule has 0 saturated heterocycles. The highest BCUT2D eigenvalue weighted by Gasteiger charge is 2.24. The number of phenolic OH excluding ortho intramolecular Hbond substituents is 1. The molecule has 7 nitrogen and oxygen atoms in total. The summed E-state index contributed by atoms with van der Waals surface area (Å²) in [5.41, 5.74) is 6.75. The Morgan fingerprint density at radius 2 is 2.04 bits per heavy atom. The summed E-state index contributed by atoms with van der Waals surface area (Å²) in [7, 11) is 1.27. The Kier molecular flexibility index (Phi) is 5.48. The summed E-state index contributed by atoms with van der Waals surface area (Å²) in [6.07, 6.45) is 0. The van der Waals surface area contributed by atoms with Gasteiger partial charge in [-0.25, -0.2) is 4.98 Å². The van der Waals surface area contributed by atoms with E-state index < -0.39 is 11.2 Å². The van der Waals surface area contributed by atoms with Crippen LogP contribution < -0.4 is 5.73 Å². The molecule has 126 valence electrons. The van der Waals surface area contributed by atoms with E-state index in [1.807, 2.05) is 12.1 Å². The van der Waals surface area contributed by atoms with E-state index in [-0.39, 0.29) is 33.3 Å². The van der Waals surface area contributed by atoms with Gasteiger partial charge in [0.15, 0.2) is 0 Å². The van der Waals surface area contributed by atoms with Crippen molar-refractivity contribution in [3.05, 3.63) is 35.4 Å². The summed E-state index contributed by atoms with van der Waals surface area (Å²) < 4.78 is 4.68. The van der Waals surface area contributed by atoms with Crippen molar-refractivity contribution in [2.45, 2.75) is 17.2 Å². The molecule has 0 aliphatic heterocycles. The monoisotopic (exact) mass is 354 g/mol. The summed E-state index contributed by atoms with van der Waals surface area (Å²) in [6.45, 7) is 1.61. The second kappa shape index (κ2) is 7.56. The second-order valence-electron chi connectivity index (χ2n) is 4.98. The molecule has 1 aromatic carbocycles. The number of methoxy groups -OCH3 is 1. The summed E-state index contributed by atoms with van der Waals surface area (Å²) in [4.78, 5) is 15.8. The van der Waals surface area contributed by atoms with E-state index >= 15 is 0 Å². The molecule has 1 unspecified atom stereocenters. The number of hydrogen-bond acceptors (Lipinski definition) is 8. The molecule has 1 atom stereocenters. The van der Waals surface area contributed by atoms with Crippen LogP contribution in [0.15, 0.2) is 29.3 Å². The predicted molar refractivity (Wildman–Crippen MR) is 92.5 cm³/mol. The maximum atomic E-state index is 11.7. The van der Waals surface area contributed by atoms with Crippen LogP contribution >= 0.6 is 11.8 Å². The van der Waals surface area contributed by atoms with Crippen molar-refractivity contribution < 1.29 is 14.6 Å². The van der Waals surface area contributed by atoms with Crippen LogP contribution in [0.1, 0.15) is 18.1 Å². The smallest absolute Gasteiger partial charge is 0.318 e. The third-order valence-electron chi connectivity index (χ3n) is 3.37. The Morgan fingerprint density at radius 1 is 1.36 bits per heavy atom. The number of carbonyl (C=O) groups excluding carboxylic acids is 1. The summed E-state index contributed by atoms with van der Waals surface area (Å²) in [5, 5.41) is 28.4. The van der Waals surface area contributed by atoms with Gasteiger partial charge in [-0.1, -0.05) is 23.9 Å². The number of phenols is 1. The summed E-state index contributed by atoms with van der Waals surface area (Å²) in [6, 6.07) is 10.1. The highest BCUT2D eigenvalue weighted by atomic mass is 32.2. The van der Waals surface area contributed by atoms with E-state index in [1.54, 1.807) is 19.1 Å². The van der Waals surface area contributed by atoms with Gasteiger partial charge in [-0.2, -0.15) is 10.5 Å². The van der Waals surface area contributed by atoms with Crippen LogP contribution in [0, 0.1) is 22.7 Å². The molecule has 0 spiro atoms. The van der Waals surface area contributed by atoms with Gasteiger partial charge in [-0.05, 0) is 24.6 Å². The van der Waals surface area contributed by atoms with Crippen LogP contribution in [-0.4, -0.2) is 28.4 Å². The Balaban J connectivity index is 2.71. The number of aromatic hydroxyl groups is 1. The second-order valence-corrected chi connectivity index (χ2v) is 6.31. The molecule has 0 amide bonds. The molecule has 3 N–H and O–H groups in total. The number of carbonyl (C=O) groups is 1. The molecule has 25 heavy (non-hydrogen) atoms. The number of esters is 1. The van der Waals surface area contributed by atoms with E-state index in [2.05, 4.69) is 9.72 Å². The molecule has 8 heteroatoms. The van der Waals surface area contributed by atoms with Gasteiger partial charge in [0.1, 0.15) is 39.5 Å². The lowest BCUT2D eigenvalue weighted by Crippen LogP contribution is -2.15. The number of anilines is 1. The van der Waals surface area contributed by atoms with E-state index in [4.69, 9.17) is 5.73 Å². The minimum Gasteiger partial charge on any atom is -0.508 e. The van der Waals surface area contributed by atoms with Gasteiger partial charge in [0.05, 0.1) is 12.7 Å². The zero-order valence-electron chi connectivity index (χ0n) is 13.5. The molecular formula is C17H14N4O3S. The Hall–Kier alpha value is -3.23. The van der Waals surface area contributed by atoms with E-state index in [0.29, 0.717) is 5.56 Å². The lowest BCUT2D eigenvalue weighted by atomic mass is 9.97. The third kappa shape index (κ3) is 3.65. The molecule has 2 rings (SSSR count). The van der Waals surface area contributed by atoms with Crippen molar-refractivity contribution in [2.24, 2.45) is 0 Å². The number of ether oxygens (including phenoxy) is 1. The lowest BCUT2D eigenvalue weighted by Gasteiger charge is -2.15. The number of benzene rings is 1. The summed E-state index contributed by atoms with van der Waals surface area (Å²) >= 11 is 1.01. The van der Waals surface area contributed by atoms with E-state index in [9.17, 15) is 20.4 Å². The van der Waals surface area contributed by atoms with Crippen LogP contribution in [0.2, 0.25) is 0 Å². The normalized spacial score (nSPS) is 11.2. The maximum absolute atomic E-state index is 11.7. The van der Waals surface area contributed by atoms with Crippen LogP contribution in [0.3, 0.4) is 0 Å². The highest BCUT2D eigenvalue weighted by Crippen LogP contribution is 2.37. The minimum atomic E-state index is -0.617. The number of pyridine rings is 1. The Bertz CT molecular complexity index is 915. The Morgan fingerprint density at radius 3 is 2.60 bits per heavy atom. The number of nitrogen functional groups attached to an aromatic ring is 1. The minimum absolute atomic E-state index is 0.0159. The zero-order chi connectivity index (χ0) is 18.6. The van der Waals surface area contributed by atoms with Crippen molar-refractivity contribution in [2.75, 3.05) is 12.8 Å². The molecule has 0 radical (unpaired) electrons. The average Bonchev–Trinajstić information content (AvgIpc) is 2.60.